The molecule has 19 heavy (non-hydrogen) atoms. The Labute approximate surface area is 115 Å². The summed E-state index contributed by atoms with van der Waals surface area (Å²) in [5.74, 6) is -0.375. The van der Waals surface area contributed by atoms with Gasteiger partial charge < -0.3 is 10.1 Å². The monoisotopic (exact) mass is 318 g/mol. The van der Waals surface area contributed by atoms with Gasteiger partial charge in [0.05, 0.1) is 34.8 Å². The molecular weight excluding hydrogens is 312 g/mol. The zero-order chi connectivity index (χ0) is 13.6. The second kappa shape index (κ2) is 4.10. The molecule has 0 atom stereocenters. The highest BCUT2D eigenvalue weighted by molar-refractivity contribution is 9.10. The van der Waals surface area contributed by atoms with E-state index >= 15 is 0 Å². The lowest BCUT2D eigenvalue weighted by atomic mass is 10.2. The van der Waals surface area contributed by atoms with Gasteiger partial charge in [0.2, 0.25) is 5.78 Å². The summed E-state index contributed by atoms with van der Waals surface area (Å²) in [6.07, 6.45) is -0.122. The number of aliphatic carboxylic acids is 1. The second-order valence-corrected chi connectivity index (χ2v) is 4.80. The smallest absolute Gasteiger partial charge is 0.309 e. The minimum Gasteiger partial charge on any atom is -0.481 e. The number of nitrogens with zero attached hydrogens (tertiary/aromatic N) is 3. The zero-order valence-electron chi connectivity index (χ0n) is 9.51. The van der Waals surface area contributed by atoms with E-state index in [-0.39, 0.29) is 6.42 Å². The lowest BCUT2D eigenvalue weighted by molar-refractivity contribution is -0.136. The van der Waals surface area contributed by atoms with Gasteiger partial charge >= 0.3 is 5.97 Å². The Kier molecular flexibility index (Phi) is 2.54. The fourth-order valence-electron chi connectivity index (χ4n) is 2.02. The van der Waals surface area contributed by atoms with Crippen molar-refractivity contribution >= 4 is 38.7 Å². The molecular formula is C12H7BrN4O2. The topological polar surface area (TPSA) is 94.2 Å². The lowest BCUT2D eigenvalue weighted by Gasteiger charge is -1.96. The van der Waals surface area contributed by atoms with Crippen molar-refractivity contribution in [3.05, 3.63) is 34.1 Å². The van der Waals surface area contributed by atoms with Gasteiger partial charge in [-0.2, -0.15) is 5.26 Å². The molecule has 0 radical (unpaired) electrons. The Morgan fingerprint density at radius 2 is 2.37 bits per heavy atom. The van der Waals surface area contributed by atoms with Gasteiger partial charge in [-0.25, -0.2) is 4.98 Å². The molecule has 6 nitrogen and oxygen atoms in total. The maximum Gasteiger partial charge on any atom is 0.309 e. The number of nitriles is 1. The van der Waals surface area contributed by atoms with E-state index in [1.54, 1.807) is 22.6 Å². The largest absolute Gasteiger partial charge is 0.481 e. The summed E-state index contributed by atoms with van der Waals surface area (Å²) in [4.78, 5) is 18.1. The number of aromatic amines is 1. The molecule has 2 aromatic heterocycles. The number of carbonyl (C=O) groups is 1. The molecule has 2 heterocycles. The first-order valence-corrected chi connectivity index (χ1v) is 6.20. The molecule has 0 aliphatic rings. The van der Waals surface area contributed by atoms with Gasteiger partial charge in [-0.3, -0.25) is 9.20 Å². The van der Waals surface area contributed by atoms with Crippen LogP contribution in [0.1, 0.15) is 11.3 Å². The number of rotatable bonds is 2. The normalized spacial score (nSPS) is 10.9. The van der Waals surface area contributed by atoms with Crippen LogP contribution in [-0.2, 0) is 11.2 Å². The van der Waals surface area contributed by atoms with Crippen LogP contribution in [0.2, 0.25) is 0 Å². The van der Waals surface area contributed by atoms with Crippen LogP contribution in [0.3, 0.4) is 0 Å². The Bertz CT molecular complexity index is 856. The van der Waals surface area contributed by atoms with Crippen LogP contribution >= 0.6 is 15.9 Å². The summed E-state index contributed by atoms with van der Waals surface area (Å²) in [5, 5.41) is 17.8. The summed E-state index contributed by atoms with van der Waals surface area (Å²) in [6, 6.07) is 7.25. The zero-order valence-corrected chi connectivity index (χ0v) is 11.1. The average molecular weight is 319 g/mol. The highest BCUT2D eigenvalue weighted by atomic mass is 79.9. The first-order chi connectivity index (χ1) is 9.10. The van der Waals surface area contributed by atoms with Crippen molar-refractivity contribution in [2.75, 3.05) is 0 Å². The van der Waals surface area contributed by atoms with Gasteiger partial charge in [-0.1, -0.05) is 0 Å². The predicted molar refractivity (Wildman–Crippen MR) is 70.8 cm³/mol. The number of fused-ring (bicyclic) bond motifs is 3. The summed E-state index contributed by atoms with van der Waals surface area (Å²) in [5.41, 5.74) is 2.57. The molecule has 0 unspecified atom stereocenters. The van der Waals surface area contributed by atoms with Crippen LogP contribution in [-0.4, -0.2) is 25.4 Å². The van der Waals surface area contributed by atoms with E-state index in [0.29, 0.717) is 21.6 Å². The number of imidazole rings is 2. The maximum absolute atomic E-state index is 10.8. The van der Waals surface area contributed by atoms with E-state index in [1.165, 1.54) is 0 Å². The molecule has 3 rings (SSSR count). The first-order valence-electron chi connectivity index (χ1n) is 5.40. The molecule has 1 aromatic carbocycles. The third kappa shape index (κ3) is 1.77. The molecule has 7 heteroatoms. The third-order valence-electron chi connectivity index (χ3n) is 2.82. The van der Waals surface area contributed by atoms with Crippen molar-refractivity contribution in [2.45, 2.75) is 6.42 Å². The molecule has 94 valence electrons. The second-order valence-electron chi connectivity index (χ2n) is 4.05. The lowest BCUT2D eigenvalue weighted by Crippen LogP contribution is -2.01. The van der Waals surface area contributed by atoms with Gasteiger partial charge in [0, 0.05) is 0 Å². The van der Waals surface area contributed by atoms with Crippen LogP contribution in [0.4, 0.5) is 0 Å². The van der Waals surface area contributed by atoms with Crippen molar-refractivity contribution < 1.29 is 9.90 Å². The molecule has 0 saturated carbocycles. The molecule has 0 spiro atoms. The van der Waals surface area contributed by atoms with Gasteiger partial charge in [-0.05, 0) is 34.1 Å². The van der Waals surface area contributed by atoms with E-state index in [4.69, 9.17) is 10.4 Å². The summed E-state index contributed by atoms with van der Waals surface area (Å²) < 4.78 is 2.37. The predicted octanol–water partition coefficient (Wildman–Crippen LogP) is 2.08. The number of hydrogen-bond donors (Lipinski definition) is 2. The highest BCUT2D eigenvalue weighted by Crippen LogP contribution is 2.25. The van der Waals surface area contributed by atoms with Crippen LogP contribution in [0.15, 0.2) is 22.8 Å². The Balaban J connectivity index is 2.31. The van der Waals surface area contributed by atoms with Crippen molar-refractivity contribution in [1.29, 1.82) is 5.26 Å². The van der Waals surface area contributed by atoms with Gasteiger partial charge in [0.1, 0.15) is 4.60 Å². The molecule has 0 fully saturated rings. The average Bonchev–Trinajstić information content (AvgIpc) is 2.86. The fraction of sp³-hybridized carbons (Fsp3) is 0.0833. The van der Waals surface area contributed by atoms with Crippen molar-refractivity contribution in [2.24, 2.45) is 0 Å². The van der Waals surface area contributed by atoms with Gasteiger partial charge in [-0.15, -0.1) is 0 Å². The van der Waals surface area contributed by atoms with E-state index in [2.05, 4.69) is 32.0 Å². The molecule has 0 aliphatic heterocycles. The molecule has 0 aliphatic carbocycles. The Hall–Kier alpha value is -2.33. The highest BCUT2D eigenvalue weighted by Gasteiger charge is 2.16. The minimum atomic E-state index is -0.924. The summed E-state index contributed by atoms with van der Waals surface area (Å²) >= 11 is 3.37. The number of halogens is 1. The van der Waals surface area contributed by atoms with Crippen LogP contribution in [0, 0.1) is 11.3 Å². The molecule has 3 aromatic rings. The number of H-pyrrole nitrogens is 1. The van der Waals surface area contributed by atoms with Gasteiger partial charge in [0.25, 0.3) is 0 Å². The van der Waals surface area contributed by atoms with Crippen molar-refractivity contribution in [1.82, 2.24) is 14.4 Å². The van der Waals surface area contributed by atoms with E-state index in [1.807, 2.05) is 0 Å². The standard InChI is InChI=1S/C12H7BrN4O2/c13-11-8(4-10(18)19)16-12-15-7-2-1-6(5-14)3-9(7)17(11)12/h1-3H,4H2,(H,15,16)(H,18,19). The minimum absolute atomic E-state index is 0.122. The fourth-order valence-corrected chi connectivity index (χ4v) is 2.62. The Morgan fingerprint density at radius 1 is 1.58 bits per heavy atom. The quantitative estimate of drug-likeness (QED) is 0.756. The number of carboxylic acids is 1. The molecule has 0 amide bonds. The number of carboxylic acid groups (broad SMARTS) is 1. The third-order valence-corrected chi connectivity index (χ3v) is 3.65. The number of aromatic nitrogens is 3. The number of nitrogens with one attached hydrogen (secondary N) is 1. The van der Waals surface area contributed by atoms with Crippen molar-refractivity contribution in [3.63, 3.8) is 0 Å². The number of hydrogen-bond acceptors (Lipinski definition) is 3. The summed E-state index contributed by atoms with van der Waals surface area (Å²) in [6.45, 7) is 0. The first kappa shape index (κ1) is 11.7. The van der Waals surface area contributed by atoms with E-state index in [9.17, 15) is 4.79 Å². The van der Waals surface area contributed by atoms with Crippen LogP contribution < -0.4 is 0 Å². The van der Waals surface area contributed by atoms with E-state index in [0.717, 1.165) is 11.0 Å². The SMILES string of the molecule is N#Cc1ccc2nc3[nH]c(CC(=O)O)c(Br)n3c2c1. The molecule has 2 N–H and O–H groups in total. The molecule has 0 bridgehead atoms. The van der Waals surface area contributed by atoms with Gasteiger partial charge in [0.15, 0.2) is 0 Å². The van der Waals surface area contributed by atoms with Crippen LogP contribution in [0.25, 0.3) is 16.8 Å². The van der Waals surface area contributed by atoms with Crippen molar-refractivity contribution in [3.8, 4) is 6.07 Å². The van der Waals surface area contributed by atoms with Crippen LogP contribution in [0.5, 0.6) is 0 Å². The Morgan fingerprint density at radius 3 is 3.05 bits per heavy atom. The maximum atomic E-state index is 10.8. The van der Waals surface area contributed by atoms with E-state index < -0.39 is 5.97 Å². The summed E-state index contributed by atoms with van der Waals surface area (Å²) in [7, 11) is 0. The number of benzene rings is 1. The molecule has 0 saturated heterocycles.